The molecule has 2 atom stereocenters. The van der Waals surface area contributed by atoms with Gasteiger partial charge in [0.15, 0.2) is 0 Å². The summed E-state index contributed by atoms with van der Waals surface area (Å²) in [4.78, 5) is 12.1. The number of carbonyl (C=O) groups is 1. The Morgan fingerprint density at radius 3 is 2.39 bits per heavy atom. The van der Waals surface area contributed by atoms with E-state index in [1.165, 1.54) is 0 Å². The summed E-state index contributed by atoms with van der Waals surface area (Å²) in [5.74, 6) is 2.37. The van der Waals surface area contributed by atoms with E-state index >= 15 is 0 Å². The van der Waals surface area contributed by atoms with Crippen molar-refractivity contribution in [3.8, 4) is 12.3 Å². The van der Waals surface area contributed by atoms with E-state index in [4.69, 9.17) is 18.0 Å². The Bertz CT molecular complexity index is 679. The lowest BCUT2D eigenvalue weighted by Gasteiger charge is -2.21. The number of amides is 1. The van der Waals surface area contributed by atoms with Crippen molar-refractivity contribution in [2.24, 2.45) is 0 Å². The highest BCUT2D eigenvalue weighted by Crippen LogP contribution is 2.38. The van der Waals surface area contributed by atoms with Crippen LogP contribution < -0.4 is 5.32 Å². The van der Waals surface area contributed by atoms with Crippen LogP contribution in [-0.2, 0) is 4.79 Å². The van der Waals surface area contributed by atoms with Crippen LogP contribution in [-0.4, -0.2) is 17.7 Å². The molecule has 118 valence electrons. The molecule has 2 nitrogen and oxygen atoms in total. The third-order valence-electron chi connectivity index (χ3n) is 3.35. The molecule has 0 heterocycles. The van der Waals surface area contributed by atoms with Crippen LogP contribution >= 0.6 is 23.4 Å². The Labute approximate surface area is 146 Å². The van der Waals surface area contributed by atoms with Crippen LogP contribution in [0.15, 0.2) is 54.6 Å². The van der Waals surface area contributed by atoms with Gasteiger partial charge in [0.2, 0.25) is 5.91 Å². The average Bonchev–Trinajstić information content (AvgIpc) is 2.59. The predicted octanol–water partition coefficient (Wildman–Crippen LogP) is 4.30. The number of halogens is 1. The number of hydrogen-bond donors (Lipinski definition) is 1. The zero-order valence-corrected chi connectivity index (χ0v) is 14.4. The monoisotopic (exact) mass is 343 g/mol. The number of rotatable bonds is 6. The molecule has 2 aromatic rings. The summed E-state index contributed by atoms with van der Waals surface area (Å²) in [6, 6.07) is 17.9. The van der Waals surface area contributed by atoms with Gasteiger partial charge in [-0.3, -0.25) is 4.79 Å². The van der Waals surface area contributed by atoms with Gasteiger partial charge < -0.3 is 5.32 Å². The van der Waals surface area contributed by atoms with Gasteiger partial charge in [0.05, 0.1) is 17.0 Å². The first-order valence-corrected chi connectivity index (χ1v) is 8.61. The van der Waals surface area contributed by atoms with Crippen molar-refractivity contribution in [2.75, 3.05) is 6.54 Å². The fraction of sp³-hybridized carbons (Fsp3) is 0.211. The second-order valence-corrected chi connectivity index (χ2v) is 6.93. The normalized spacial score (nSPS) is 12.9. The molecule has 0 aliphatic rings. The Balaban J connectivity index is 2.22. The zero-order chi connectivity index (χ0) is 16.7. The highest BCUT2D eigenvalue weighted by Gasteiger charge is 2.22. The summed E-state index contributed by atoms with van der Waals surface area (Å²) in [7, 11) is 0. The first-order valence-electron chi connectivity index (χ1n) is 7.29. The minimum absolute atomic E-state index is 0.0529. The maximum absolute atomic E-state index is 12.1. The lowest BCUT2D eigenvalue weighted by Crippen LogP contribution is -2.31. The van der Waals surface area contributed by atoms with E-state index in [0.29, 0.717) is 5.02 Å². The Kier molecular flexibility index (Phi) is 6.58. The number of hydrogen-bond acceptors (Lipinski definition) is 2. The molecule has 0 saturated carbocycles. The van der Waals surface area contributed by atoms with Gasteiger partial charge in [-0.15, -0.1) is 18.2 Å². The van der Waals surface area contributed by atoms with Crippen molar-refractivity contribution in [2.45, 2.75) is 17.4 Å². The molecule has 4 heteroatoms. The molecular formula is C19H18ClNOS. The topological polar surface area (TPSA) is 29.1 Å². The maximum atomic E-state index is 12.1. The van der Waals surface area contributed by atoms with Crippen LogP contribution in [0.3, 0.4) is 0 Å². The molecule has 23 heavy (non-hydrogen) atoms. The summed E-state index contributed by atoms with van der Waals surface area (Å²) in [5.41, 5.74) is 2.26. The molecule has 2 unspecified atom stereocenters. The van der Waals surface area contributed by atoms with E-state index in [2.05, 4.69) is 23.4 Å². The van der Waals surface area contributed by atoms with Crippen molar-refractivity contribution < 1.29 is 4.79 Å². The molecule has 0 aliphatic heterocycles. The Morgan fingerprint density at radius 1 is 1.17 bits per heavy atom. The third-order valence-corrected chi connectivity index (χ3v) is 5.04. The van der Waals surface area contributed by atoms with Crippen LogP contribution in [0.5, 0.6) is 0 Å². The van der Waals surface area contributed by atoms with Gasteiger partial charge in [0, 0.05) is 5.02 Å². The molecule has 0 spiro atoms. The lowest BCUT2D eigenvalue weighted by atomic mass is 10.0. The minimum atomic E-state index is -0.218. The molecular weight excluding hydrogens is 326 g/mol. The predicted molar refractivity (Wildman–Crippen MR) is 98.6 cm³/mol. The van der Waals surface area contributed by atoms with Gasteiger partial charge in [0.1, 0.15) is 0 Å². The van der Waals surface area contributed by atoms with Gasteiger partial charge in [0.25, 0.3) is 0 Å². The van der Waals surface area contributed by atoms with E-state index in [1.807, 2.05) is 49.4 Å². The molecule has 1 N–H and O–H groups in total. The SMILES string of the molecule is C#CCNC(=O)C(C)SC(c1ccccc1)c1ccc(Cl)cc1. The Morgan fingerprint density at radius 2 is 1.78 bits per heavy atom. The van der Waals surface area contributed by atoms with Crippen molar-refractivity contribution in [3.05, 3.63) is 70.7 Å². The number of benzene rings is 2. The van der Waals surface area contributed by atoms with Crippen molar-refractivity contribution in [1.82, 2.24) is 5.32 Å². The van der Waals surface area contributed by atoms with Gasteiger partial charge in [-0.2, -0.15) is 0 Å². The summed E-state index contributed by atoms with van der Waals surface area (Å²) in [6.07, 6.45) is 5.19. The fourth-order valence-electron chi connectivity index (χ4n) is 2.16. The minimum Gasteiger partial charge on any atom is -0.344 e. The smallest absolute Gasteiger partial charge is 0.233 e. The average molecular weight is 344 g/mol. The molecule has 0 aliphatic carbocycles. The molecule has 0 saturated heterocycles. The molecule has 0 aromatic heterocycles. The molecule has 0 fully saturated rings. The van der Waals surface area contributed by atoms with Crippen LogP contribution in [0.1, 0.15) is 23.3 Å². The second-order valence-electron chi connectivity index (χ2n) is 5.04. The number of nitrogens with one attached hydrogen (secondary N) is 1. The van der Waals surface area contributed by atoms with E-state index < -0.39 is 0 Å². The van der Waals surface area contributed by atoms with Crippen LogP contribution in [0.2, 0.25) is 5.02 Å². The molecule has 2 aromatic carbocycles. The van der Waals surface area contributed by atoms with Crippen molar-refractivity contribution in [3.63, 3.8) is 0 Å². The van der Waals surface area contributed by atoms with Crippen LogP contribution in [0.4, 0.5) is 0 Å². The summed E-state index contributed by atoms with van der Waals surface area (Å²) in [5, 5.41) is 3.27. The van der Waals surface area contributed by atoms with Gasteiger partial charge in [-0.25, -0.2) is 0 Å². The van der Waals surface area contributed by atoms with E-state index in [-0.39, 0.29) is 23.0 Å². The summed E-state index contributed by atoms with van der Waals surface area (Å²) >= 11 is 7.58. The van der Waals surface area contributed by atoms with Crippen molar-refractivity contribution in [1.29, 1.82) is 0 Å². The maximum Gasteiger partial charge on any atom is 0.233 e. The highest BCUT2D eigenvalue weighted by molar-refractivity contribution is 8.01. The third kappa shape index (κ3) is 5.06. The van der Waals surface area contributed by atoms with E-state index in [1.54, 1.807) is 11.8 Å². The number of thioether (sulfide) groups is 1. The standard InChI is InChI=1S/C19H18ClNOS/c1-3-13-21-19(22)14(2)23-18(15-7-5-4-6-8-15)16-9-11-17(20)12-10-16/h1,4-12,14,18H,13H2,2H3,(H,21,22). The Hall–Kier alpha value is -1.89. The van der Waals surface area contributed by atoms with E-state index in [0.717, 1.165) is 11.1 Å². The molecule has 1 amide bonds. The van der Waals surface area contributed by atoms with Gasteiger partial charge in [-0.05, 0) is 30.2 Å². The first kappa shape index (κ1) is 17.5. The van der Waals surface area contributed by atoms with Crippen LogP contribution in [0.25, 0.3) is 0 Å². The molecule has 0 bridgehead atoms. The summed E-state index contributed by atoms with van der Waals surface area (Å²) < 4.78 is 0. The molecule has 2 rings (SSSR count). The van der Waals surface area contributed by atoms with Crippen LogP contribution in [0, 0.1) is 12.3 Å². The number of terminal acetylenes is 1. The van der Waals surface area contributed by atoms with Gasteiger partial charge in [-0.1, -0.05) is 60.0 Å². The summed E-state index contributed by atoms with van der Waals surface area (Å²) in [6.45, 7) is 2.14. The quantitative estimate of drug-likeness (QED) is 0.792. The fourth-order valence-corrected chi connectivity index (χ4v) is 3.53. The number of carbonyl (C=O) groups excluding carboxylic acids is 1. The van der Waals surface area contributed by atoms with Gasteiger partial charge >= 0.3 is 0 Å². The molecule has 0 radical (unpaired) electrons. The second kappa shape index (κ2) is 8.67. The van der Waals surface area contributed by atoms with E-state index in [9.17, 15) is 4.79 Å². The zero-order valence-electron chi connectivity index (χ0n) is 12.8. The highest BCUT2D eigenvalue weighted by atomic mass is 35.5. The van der Waals surface area contributed by atoms with Crippen molar-refractivity contribution >= 4 is 29.3 Å². The lowest BCUT2D eigenvalue weighted by molar-refractivity contribution is -0.120. The first-order chi connectivity index (χ1) is 11.1. The largest absolute Gasteiger partial charge is 0.344 e.